The molecule has 2 rings (SSSR count). The molecule has 0 aliphatic rings. The maximum atomic E-state index is 13.2. The van der Waals surface area contributed by atoms with Crippen LogP contribution in [0.2, 0.25) is 0 Å². The van der Waals surface area contributed by atoms with E-state index >= 15 is 0 Å². The van der Waals surface area contributed by atoms with E-state index in [-0.39, 0.29) is 0 Å². The van der Waals surface area contributed by atoms with Crippen LogP contribution in [0.3, 0.4) is 0 Å². The van der Waals surface area contributed by atoms with Crippen LogP contribution in [0, 0.1) is 24.5 Å². The number of anilines is 3. The minimum atomic E-state index is -0.899. The topological polar surface area (TPSA) is 49.8 Å². The van der Waals surface area contributed by atoms with E-state index in [0.717, 1.165) is 24.4 Å². The number of aromatic nitrogens is 2. The third-order valence-corrected chi connectivity index (χ3v) is 2.71. The molecule has 0 saturated carbocycles. The Hall–Kier alpha value is -2.24. The van der Waals surface area contributed by atoms with Crippen LogP contribution in [0.15, 0.2) is 24.3 Å². The van der Waals surface area contributed by atoms with Gasteiger partial charge in [-0.3, -0.25) is 0 Å². The number of benzene rings is 1. The largest absolute Gasteiger partial charge is 0.354 e. The van der Waals surface area contributed by atoms with Crippen molar-refractivity contribution in [3.8, 4) is 0 Å². The van der Waals surface area contributed by atoms with Crippen LogP contribution in [0.1, 0.15) is 19.5 Å². The van der Waals surface area contributed by atoms with Crippen molar-refractivity contribution >= 4 is 17.5 Å². The number of nitrogens with zero attached hydrogens (tertiary/aromatic N) is 2. The second-order valence-electron chi connectivity index (χ2n) is 5.25. The molecule has 2 N–H and O–H groups in total. The first kappa shape index (κ1) is 15.2. The van der Waals surface area contributed by atoms with Crippen LogP contribution >= 0.6 is 0 Å². The van der Waals surface area contributed by atoms with Gasteiger partial charge in [-0.05, 0) is 25.0 Å². The summed E-state index contributed by atoms with van der Waals surface area (Å²) in [6, 6.07) is 5.36. The van der Waals surface area contributed by atoms with Gasteiger partial charge in [-0.2, -0.15) is 4.98 Å². The van der Waals surface area contributed by atoms with E-state index < -0.39 is 11.6 Å². The number of aryl methyl sites for hydroxylation is 1. The first-order valence-corrected chi connectivity index (χ1v) is 6.75. The zero-order chi connectivity index (χ0) is 15.4. The molecule has 4 nitrogen and oxygen atoms in total. The Kier molecular flexibility index (Phi) is 4.67. The lowest BCUT2D eigenvalue weighted by molar-refractivity contribution is 0.509. The summed E-state index contributed by atoms with van der Waals surface area (Å²) in [5.41, 5.74) is 1.21. The van der Waals surface area contributed by atoms with Crippen molar-refractivity contribution in [3.05, 3.63) is 41.6 Å². The number of halogens is 2. The highest BCUT2D eigenvalue weighted by atomic mass is 19.2. The van der Waals surface area contributed by atoms with E-state index in [1.54, 1.807) is 6.07 Å². The summed E-state index contributed by atoms with van der Waals surface area (Å²) in [6.07, 6.45) is 0. The molecule has 0 aliphatic carbocycles. The molecule has 1 aromatic carbocycles. The molecule has 0 unspecified atom stereocenters. The van der Waals surface area contributed by atoms with E-state index in [0.29, 0.717) is 23.4 Å². The molecule has 0 bridgehead atoms. The summed E-state index contributed by atoms with van der Waals surface area (Å²) in [5, 5.41) is 6.08. The predicted molar refractivity (Wildman–Crippen MR) is 79.7 cm³/mol. The van der Waals surface area contributed by atoms with Gasteiger partial charge in [0.25, 0.3) is 0 Å². The van der Waals surface area contributed by atoms with Gasteiger partial charge in [-0.1, -0.05) is 13.8 Å². The zero-order valence-electron chi connectivity index (χ0n) is 12.2. The molecule has 1 heterocycles. The minimum absolute atomic E-state index is 0.432. The molecule has 0 atom stereocenters. The van der Waals surface area contributed by atoms with E-state index in [4.69, 9.17) is 0 Å². The zero-order valence-corrected chi connectivity index (χ0v) is 12.2. The van der Waals surface area contributed by atoms with Crippen LogP contribution in [0.5, 0.6) is 0 Å². The Balaban J connectivity index is 2.17. The quantitative estimate of drug-likeness (QED) is 0.878. The fourth-order valence-corrected chi connectivity index (χ4v) is 1.73. The van der Waals surface area contributed by atoms with Gasteiger partial charge < -0.3 is 10.6 Å². The SMILES string of the molecule is Cc1cc(Nc2ccc(F)c(F)c2)nc(NCC(C)C)n1. The molecule has 1 aromatic heterocycles. The fraction of sp³-hybridized carbons (Fsp3) is 0.333. The van der Waals surface area contributed by atoms with Gasteiger partial charge in [0.15, 0.2) is 11.6 Å². The first-order valence-electron chi connectivity index (χ1n) is 6.75. The molecule has 6 heteroatoms. The van der Waals surface area contributed by atoms with Crippen LogP contribution < -0.4 is 10.6 Å². The smallest absolute Gasteiger partial charge is 0.224 e. The minimum Gasteiger partial charge on any atom is -0.354 e. The molecular weight excluding hydrogens is 274 g/mol. The third-order valence-electron chi connectivity index (χ3n) is 2.71. The number of rotatable bonds is 5. The average Bonchev–Trinajstić information content (AvgIpc) is 2.40. The van der Waals surface area contributed by atoms with Crippen molar-refractivity contribution in [1.29, 1.82) is 0 Å². The fourth-order valence-electron chi connectivity index (χ4n) is 1.73. The Labute approximate surface area is 122 Å². The molecule has 0 saturated heterocycles. The first-order chi connectivity index (χ1) is 9.94. The lowest BCUT2D eigenvalue weighted by atomic mass is 10.2. The lowest BCUT2D eigenvalue weighted by Gasteiger charge is -2.11. The molecule has 0 spiro atoms. The molecule has 21 heavy (non-hydrogen) atoms. The predicted octanol–water partition coefficient (Wildman–Crippen LogP) is 3.87. The van der Waals surface area contributed by atoms with Crippen molar-refractivity contribution in [3.63, 3.8) is 0 Å². The number of nitrogens with one attached hydrogen (secondary N) is 2. The third kappa shape index (κ3) is 4.37. The lowest BCUT2D eigenvalue weighted by Crippen LogP contribution is -2.11. The Morgan fingerprint density at radius 3 is 2.52 bits per heavy atom. The van der Waals surface area contributed by atoms with Crippen LogP contribution in [-0.2, 0) is 0 Å². The Morgan fingerprint density at radius 2 is 1.86 bits per heavy atom. The van der Waals surface area contributed by atoms with Gasteiger partial charge in [0.1, 0.15) is 5.82 Å². The number of hydrogen-bond donors (Lipinski definition) is 2. The molecule has 0 radical (unpaired) electrons. The summed E-state index contributed by atoms with van der Waals surface area (Å²) in [7, 11) is 0. The van der Waals surface area contributed by atoms with Crippen molar-refractivity contribution in [2.45, 2.75) is 20.8 Å². The summed E-state index contributed by atoms with van der Waals surface area (Å²) in [6.45, 7) is 6.78. The van der Waals surface area contributed by atoms with Gasteiger partial charge in [-0.15, -0.1) is 0 Å². The van der Waals surface area contributed by atoms with Crippen LogP contribution in [-0.4, -0.2) is 16.5 Å². The van der Waals surface area contributed by atoms with E-state index in [1.807, 2.05) is 6.92 Å². The molecular formula is C15H18F2N4. The van der Waals surface area contributed by atoms with Gasteiger partial charge in [0.05, 0.1) is 0 Å². The highest BCUT2D eigenvalue weighted by molar-refractivity contribution is 5.57. The van der Waals surface area contributed by atoms with Gasteiger partial charge in [0.2, 0.25) is 5.95 Å². The van der Waals surface area contributed by atoms with Gasteiger partial charge in [-0.25, -0.2) is 13.8 Å². The second-order valence-corrected chi connectivity index (χ2v) is 5.25. The Bertz CT molecular complexity index is 629. The molecule has 0 amide bonds. The van der Waals surface area contributed by atoms with Crippen molar-refractivity contribution in [2.75, 3.05) is 17.2 Å². The Morgan fingerprint density at radius 1 is 1.10 bits per heavy atom. The summed E-state index contributed by atoms with van der Waals surface area (Å²) >= 11 is 0. The van der Waals surface area contributed by atoms with Crippen molar-refractivity contribution < 1.29 is 8.78 Å². The van der Waals surface area contributed by atoms with E-state index in [9.17, 15) is 8.78 Å². The number of hydrogen-bond acceptors (Lipinski definition) is 4. The van der Waals surface area contributed by atoms with E-state index in [2.05, 4.69) is 34.4 Å². The van der Waals surface area contributed by atoms with Crippen molar-refractivity contribution in [2.24, 2.45) is 5.92 Å². The van der Waals surface area contributed by atoms with Gasteiger partial charge in [0, 0.05) is 30.1 Å². The van der Waals surface area contributed by atoms with Crippen molar-refractivity contribution in [1.82, 2.24) is 9.97 Å². The summed E-state index contributed by atoms with van der Waals surface area (Å²) < 4.78 is 26.1. The van der Waals surface area contributed by atoms with E-state index in [1.165, 1.54) is 6.07 Å². The second kappa shape index (κ2) is 6.47. The molecule has 2 aromatic rings. The summed E-state index contributed by atoms with van der Waals surface area (Å²) in [5.74, 6) is -0.270. The average molecular weight is 292 g/mol. The maximum Gasteiger partial charge on any atom is 0.224 e. The normalized spacial score (nSPS) is 10.8. The molecule has 0 fully saturated rings. The molecule has 0 aliphatic heterocycles. The maximum absolute atomic E-state index is 13.2. The van der Waals surface area contributed by atoms with Crippen LogP contribution in [0.25, 0.3) is 0 Å². The highest BCUT2D eigenvalue weighted by Gasteiger charge is 2.06. The molecule has 112 valence electrons. The standard InChI is InChI=1S/C15H18F2N4/c1-9(2)8-18-15-19-10(3)6-14(21-15)20-11-4-5-12(16)13(17)7-11/h4-7,9H,8H2,1-3H3,(H2,18,19,20,21). The van der Waals surface area contributed by atoms with Gasteiger partial charge >= 0.3 is 0 Å². The highest BCUT2D eigenvalue weighted by Crippen LogP contribution is 2.19. The summed E-state index contributed by atoms with van der Waals surface area (Å²) in [4.78, 5) is 8.59. The van der Waals surface area contributed by atoms with Crippen LogP contribution in [0.4, 0.5) is 26.2 Å². The monoisotopic (exact) mass is 292 g/mol.